The Hall–Kier alpha value is -4.67. The van der Waals surface area contributed by atoms with Crippen LogP contribution < -0.4 is 9.47 Å². The van der Waals surface area contributed by atoms with E-state index in [9.17, 15) is 25.0 Å². The van der Waals surface area contributed by atoms with Crippen LogP contribution in [0.1, 0.15) is 5.56 Å². The Kier molecular flexibility index (Phi) is 5.29. The summed E-state index contributed by atoms with van der Waals surface area (Å²) >= 11 is 0. The van der Waals surface area contributed by atoms with Crippen LogP contribution in [0, 0.1) is 20.2 Å². The number of hydrogen-bond acceptors (Lipinski definition) is 9. The minimum atomic E-state index is -1.12. The molecule has 0 bridgehead atoms. The van der Waals surface area contributed by atoms with Crippen LogP contribution >= 0.6 is 0 Å². The largest absolute Gasteiger partial charge is 0.514 e. The second-order valence-corrected chi connectivity index (χ2v) is 6.59. The minimum Gasteiger partial charge on any atom is -0.497 e. The van der Waals surface area contributed by atoms with Gasteiger partial charge in [0, 0.05) is 29.0 Å². The van der Waals surface area contributed by atoms with Crippen LogP contribution in [0.4, 0.5) is 16.2 Å². The molecule has 1 aromatic heterocycles. The summed E-state index contributed by atoms with van der Waals surface area (Å²) < 4.78 is 20.8. The van der Waals surface area contributed by atoms with Crippen LogP contribution in [0.25, 0.3) is 21.9 Å². The highest BCUT2D eigenvalue weighted by Gasteiger charge is 2.21. The summed E-state index contributed by atoms with van der Waals surface area (Å²) in [6, 6.07) is 12.8. The zero-order valence-electron chi connectivity index (χ0n) is 16.5. The molecule has 0 unspecified atom stereocenters. The first-order valence-corrected chi connectivity index (χ1v) is 9.12. The van der Waals surface area contributed by atoms with Crippen molar-refractivity contribution in [3.63, 3.8) is 0 Å². The van der Waals surface area contributed by atoms with Crippen molar-refractivity contribution >= 4 is 39.5 Å². The molecule has 0 saturated heterocycles. The van der Waals surface area contributed by atoms with Gasteiger partial charge in [-0.05, 0) is 30.3 Å². The molecule has 162 valence electrons. The second-order valence-electron chi connectivity index (χ2n) is 6.59. The summed E-state index contributed by atoms with van der Waals surface area (Å²) in [6.45, 7) is -0.430. The number of rotatable bonds is 6. The van der Waals surface area contributed by atoms with E-state index in [0.717, 1.165) is 0 Å². The van der Waals surface area contributed by atoms with E-state index < -0.39 is 22.6 Å². The predicted molar refractivity (Wildman–Crippen MR) is 111 cm³/mol. The van der Waals surface area contributed by atoms with Gasteiger partial charge in [-0.3, -0.25) is 20.2 Å². The Bertz CT molecular complexity index is 1360. The van der Waals surface area contributed by atoms with Gasteiger partial charge in [0.2, 0.25) is 0 Å². The van der Waals surface area contributed by atoms with Gasteiger partial charge < -0.3 is 18.6 Å². The molecule has 11 heteroatoms. The molecule has 0 N–H and O–H groups in total. The molecule has 0 amide bonds. The van der Waals surface area contributed by atoms with Gasteiger partial charge in [0.05, 0.1) is 28.6 Å². The quantitative estimate of drug-likeness (QED) is 0.173. The van der Waals surface area contributed by atoms with E-state index in [0.29, 0.717) is 27.7 Å². The summed E-state index contributed by atoms with van der Waals surface area (Å²) in [7, 11) is 1.51. The molecular weight excluding hydrogens is 424 g/mol. The van der Waals surface area contributed by atoms with Gasteiger partial charge in [-0.2, -0.15) is 0 Å². The normalized spacial score (nSPS) is 10.8. The molecule has 0 atom stereocenters. The summed E-state index contributed by atoms with van der Waals surface area (Å²) in [5.41, 5.74) is 0.481. The van der Waals surface area contributed by atoms with Crippen molar-refractivity contribution in [1.29, 1.82) is 0 Å². The lowest BCUT2D eigenvalue weighted by atomic mass is 10.1. The molecule has 0 aliphatic heterocycles. The molecular formula is C21H14N2O9. The average Bonchev–Trinajstić information content (AvgIpc) is 3.13. The number of benzene rings is 3. The Morgan fingerprint density at radius 3 is 2.25 bits per heavy atom. The lowest BCUT2D eigenvalue weighted by molar-refractivity contribution is -0.385. The van der Waals surface area contributed by atoms with Crippen LogP contribution in [0.3, 0.4) is 0 Å². The van der Waals surface area contributed by atoms with E-state index in [1.54, 1.807) is 18.2 Å². The number of furan rings is 1. The monoisotopic (exact) mass is 438 g/mol. The SMILES string of the molecule is COc1ccc2c(c1)oc1cc([N+](=O)[O-])c(COC(=O)Oc3ccc([N+](=O)[O-])cc3)cc12. The van der Waals surface area contributed by atoms with E-state index in [1.165, 1.54) is 43.5 Å². The topological polar surface area (TPSA) is 144 Å². The molecule has 3 aromatic carbocycles. The van der Waals surface area contributed by atoms with Gasteiger partial charge in [-0.25, -0.2) is 4.79 Å². The highest BCUT2D eigenvalue weighted by Crippen LogP contribution is 2.35. The van der Waals surface area contributed by atoms with Crippen molar-refractivity contribution in [2.24, 2.45) is 0 Å². The summed E-state index contributed by atoms with van der Waals surface area (Å²) in [5, 5.41) is 23.5. The fraction of sp³-hybridized carbons (Fsp3) is 0.0952. The fourth-order valence-electron chi connectivity index (χ4n) is 3.15. The van der Waals surface area contributed by atoms with Crippen molar-refractivity contribution in [2.45, 2.75) is 6.61 Å². The number of non-ortho nitro benzene ring substituents is 1. The number of ether oxygens (including phenoxy) is 3. The highest BCUT2D eigenvalue weighted by atomic mass is 16.7. The maximum absolute atomic E-state index is 12.0. The number of nitro groups is 2. The van der Waals surface area contributed by atoms with E-state index in [4.69, 9.17) is 18.6 Å². The number of carbonyl (C=O) groups is 1. The van der Waals surface area contributed by atoms with E-state index >= 15 is 0 Å². The first-order valence-electron chi connectivity index (χ1n) is 9.12. The molecule has 0 fully saturated rings. The van der Waals surface area contributed by atoms with Crippen LogP contribution in [0.5, 0.6) is 11.5 Å². The first-order chi connectivity index (χ1) is 15.4. The summed E-state index contributed by atoms with van der Waals surface area (Å²) in [5.74, 6) is 0.601. The molecule has 0 saturated carbocycles. The van der Waals surface area contributed by atoms with Gasteiger partial charge in [0.25, 0.3) is 11.4 Å². The zero-order chi connectivity index (χ0) is 22.8. The molecule has 4 aromatic rings. The molecule has 0 spiro atoms. The van der Waals surface area contributed by atoms with E-state index in [-0.39, 0.29) is 22.7 Å². The third kappa shape index (κ3) is 3.99. The van der Waals surface area contributed by atoms with Crippen molar-refractivity contribution in [2.75, 3.05) is 7.11 Å². The predicted octanol–water partition coefficient (Wildman–Crippen LogP) is 5.13. The van der Waals surface area contributed by atoms with Gasteiger partial charge in [-0.15, -0.1) is 0 Å². The van der Waals surface area contributed by atoms with Gasteiger partial charge >= 0.3 is 6.16 Å². The lowest BCUT2D eigenvalue weighted by Gasteiger charge is -2.07. The maximum atomic E-state index is 12.0. The molecule has 0 aliphatic carbocycles. The molecule has 4 rings (SSSR count). The molecule has 0 aliphatic rings. The maximum Gasteiger partial charge on any atom is 0.514 e. The number of nitro benzene ring substituents is 2. The number of fused-ring (bicyclic) bond motifs is 3. The fourth-order valence-corrected chi connectivity index (χ4v) is 3.15. The van der Waals surface area contributed by atoms with Crippen LogP contribution in [-0.4, -0.2) is 23.1 Å². The Morgan fingerprint density at radius 1 is 0.906 bits per heavy atom. The van der Waals surface area contributed by atoms with Gasteiger partial charge in [0.1, 0.15) is 29.3 Å². The number of nitrogens with zero attached hydrogens (tertiary/aromatic N) is 2. The third-order valence-electron chi connectivity index (χ3n) is 4.67. The third-order valence-corrected chi connectivity index (χ3v) is 4.67. The Balaban J connectivity index is 1.57. The smallest absolute Gasteiger partial charge is 0.497 e. The van der Waals surface area contributed by atoms with Crippen LogP contribution in [-0.2, 0) is 11.3 Å². The van der Waals surface area contributed by atoms with E-state index in [1.807, 2.05) is 0 Å². The minimum absolute atomic E-state index is 0.0281. The number of carbonyl (C=O) groups excluding carboxylic acids is 1. The second kappa shape index (κ2) is 8.22. The van der Waals surface area contributed by atoms with Gasteiger partial charge in [-0.1, -0.05) is 0 Å². The lowest BCUT2D eigenvalue weighted by Crippen LogP contribution is -2.11. The number of hydrogen-bond donors (Lipinski definition) is 0. The highest BCUT2D eigenvalue weighted by molar-refractivity contribution is 6.06. The van der Waals surface area contributed by atoms with Crippen molar-refractivity contribution in [3.8, 4) is 11.5 Å². The molecule has 1 heterocycles. The van der Waals surface area contributed by atoms with Gasteiger partial charge in [0.15, 0.2) is 0 Å². The standard InChI is InChI=1S/C21H14N2O9/c1-29-15-6-7-16-17-8-12(18(23(27)28)10-20(17)32-19(16)9-15)11-30-21(24)31-14-4-2-13(3-5-14)22(25)26/h2-10H,11H2,1H3. The Morgan fingerprint density at radius 2 is 1.59 bits per heavy atom. The molecule has 11 nitrogen and oxygen atoms in total. The summed E-state index contributed by atoms with van der Waals surface area (Å²) in [6.07, 6.45) is -1.12. The van der Waals surface area contributed by atoms with Crippen molar-refractivity contribution in [1.82, 2.24) is 0 Å². The zero-order valence-corrected chi connectivity index (χ0v) is 16.5. The molecule has 0 radical (unpaired) electrons. The van der Waals surface area contributed by atoms with Crippen LogP contribution in [0.2, 0.25) is 0 Å². The average molecular weight is 438 g/mol. The van der Waals surface area contributed by atoms with Crippen LogP contribution in [0.15, 0.2) is 59.0 Å². The summed E-state index contributed by atoms with van der Waals surface area (Å²) in [4.78, 5) is 33.0. The first kappa shape index (κ1) is 20.6. The van der Waals surface area contributed by atoms with E-state index in [2.05, 4.69) is 0 Å². The Labute approximate surface area is 179 Å². The number of methoxy groups -OCH3 is 1. The van der Waals surface area contributed by atoms with Crippen molar-refractivity contribution < 1.29 is 33.3 Å². The van der Waals surface area contributed by atoms with Crippen molar-refractivity contribution in [3.05, 3.63) is 80.4 Å². The molecule has 32 heavy (non-hydrogen) atoms.